The Balaban J connectivity index is 0.000000321. The third kappa shape index (κ3) is 6.79. The maximum absolute atomic E-state index is 13.8. The lowest BCUT2D eigenvalue weighted by molar-refractivity contribution is -0.137. The highest BCUT2D eigenvalue weighted by molar-refractivity contribution is 5.66. The van der Waals surface area contributed by atoms with Gasteiger partial charge in [-0.3, -0.25) is 4.79 Å². The molecule has 29 heavy (non-hydrogen) atoms. The van der Waals surface area contributed by atoms with Crippen molar-refractivity contribution >= 4 is 5.97 Å². The monoisotopic (exact) mass is 404 g/mol. The molecule has 0 saturated heterocycles. The molecule has 0 unspecified atom stereocenters. The number of fused-ring (bicyclic) bond motifs is 1. The summed E-state index contributed by atoms with van der Waals surface area (Å²) in [5, 5.41) is 28.2. The molecule has 5 heteroatoms. The van der Waals surface area contributed by atoms with Crippen molar-refractivity contribution in [3.05, 3.63) is 60.2 Å². The number of halogens is 1. The van der Waals surface area contributed by atoms with E-state index in [9.17, 15) is 19.4 Å². The van der Waals surface area contributed by atoms with Crippen LogP contribution in [0.3, 0.4) is 0 Å². The molecule has 1 fully saturated rings. The quantitative estimate of drug-likeness (QED) is 0.472. The second kappa shape index (κ2) is 11.3. The average Bonchev–Trinajstić information content (AvgIpc) is 3.22. The minimum Gasteiger partial charge on any atom is -0.481 e. The van der Waals surface area contributed by atoms with Crippen LogP contribution >= 0.6 is 0 Å². The summed E-state index contributed by atoms with van der Waals surface area (Å²) < 4.78 is 13.8. The van der Waals surface area contributed by atoms with Gasteiger partial charge in [0.15, 0.2) is 0 Å². The van der Waals surface area contributed by atoms with Crippen molar-refractivity contribution in [1.82, 2.24) is 0 Å². The van der Waals surface area contributed by atoms with Gasteiger partial charge in [-0.1, -0.05) is 49.4 Å². The maximum Gasteiger partial charge on any atom is 0.303 e. The number of carboxylic acids is 1. The Kier molecular flexibility index (Phi) is 9.05. The number of rotatable bonds is 7. The Hall–Kier alpha value is -1.98. The smallest absolute Gasteiger partial charge is 0.303 e. The molecule has 0 spiro atoms. The molecule has 0 heterocycles. The molecular weight excluding hydrogens is 371 g/mol. The summed E-state index contributed by atoms with van der Waals surface area (Å²) in [4.78, 5) is 9.84. The predicted molar refractivity (Wildman–Crippen MR) is 112 cm³/mol. The first-order valence-corrected chi connectivity index (χ1v) is 10.4. The normalized spacial score (nSPS) is 27.3. The molecule has 1 aromatic carbocycles. The molecule has 2 aliphatic carbocycles. The van der Waals surface area contributed by atoms with E-state index in [0.29, 0.717) is 6.42 Å². The van der Waals surface area contributed by atoms with Crippen molar-refractivity contribution in [3.8, 4) is 0 Å². The number of benzene rings is 1. The van der Waals surface area contributed by atoms with Crippen molar-refractivity contribution in [3.63, 3.8) is 0 Å². The second-order valence-corrected chi connectivity index (χ2v) is 8.14. The van der Waals surface area contributed by atoms with E-state index < -0.39 is 24.3 Å². The van der Waals surface area contributed by atoms with Crippen LogP contribution in [0.5, 0.6) is 0 Å². The topological polar surface area (TPSA) is 77.8 Å². The number of aliphatic hydroxyl groups is 2. The number of unbranched alkanes of at least 4 members (excludes halogenated alkanes) is 1. The molecule has 1 saturated carbocycles. The standard InChI is InChI=1S/C18H23FO2.C6H10O2/c1-11-15(16(19)10-18(11)21)6-7-17(20)14-8-12-4-2-3-5-13(12)9-14;1-2-3-4-5-6(7)8/h2-7,11,14-18,20-21H,8-10H2,1H3;2H,1,3-5H2,(H,7,8)/b7-6+;/t11-,15-,16+,17+,18+;/m1./s1. The third-order valence-electron chi connectivity index (χ3n) is 5.99. The number of aliphatic hydroxyl groups excluding tert-OH is 2. The Bertz CT molecular complexity index is 677. The van der Waals surface area contributed by atoms with Gasteiger partial charge in [-0.2, -0.15) is 0 Å². The van der Waals surface area contributed by atoms with Crippen LogP contribution < -0.4 is 0 Å². The molecule has 3 N–H and O–H groups in total. The van der Waals surface area contributed by atoms with Crippen LogP contribution in [0.2, 0.25) is 0 Å². The summed E-state index contributed by atoms with van der Waals surface area (Å²) in [6.45, 7) is 5.34. The predicted octanol–water partition coefficient (Wildman–Crippen LogP) is 4.10. The number of hydrogen-bond acceptors (Lipinski definition) is 3. The summed E-state index contributed by atoms with van der Waals surface area (Å²) in [7, 11) is 0. The van der Waals surface area contributed by atoms with Gasteiger partial charge >= 0.3 is 5.97 Å². The molecule has 0 bridgehead atoms. The fourth-order valence-corrected chi connectivity index (χ4v) is 4.12. The lowest BCUT2D eigenvalue weighted by atomic mass is 9.92. The number of allylic oxidation sites excluding steroid dienone is 2. The van der Waals surface area contributed by atoms with Crippen LogP contribution in [0.1, 0.15) is 43.7 Å². The lowest BCUT2D eigenvalue weighted by Crippen LogP contribution is -2.20. The largest absolute Gasteiger partial charge is 0.481 e. The van der Waals surface area contributed by atoms with E-state index in [-0.39, 0.29) is 30.6 Å². The zero-order chi connectivity index (χ0) is 21.4. The third-order valence-corrected chi connectivity index (χ3v) is 5.99. The van der Waals surface area contributed by atoms with Crippen LogP contribution in [0.25, 0.3) is 0 Å². The first kappa shape index (κ1) is 23.3. The van der Waals surface area contributed by atoms with Gasteiger partial charge in [-0.05, 0) is 48.6 Å². The van der Waals surface area contributed by atoms with Crippen molar-refractivity contribution in [2.24, 2.45) is 17.8 Å². The Morgan fingerprint density at radius 3 is 2.41 bits per heavy atom. The molecule has 2 aliphatic rings. The molecular formula is C24H33FO4. The van der Waals surface area contributed by atoms with Crippen LogP contribution in [0.4, 0.5) is 4.39 Å². The number of carbonyl (C=O) groups is 1. The van der Waals surface area contributed by atoms with E-state index in [0.717, 1.165) is 19.3 Å². The van der Waals surface area contributed by atoms with E-state index in [1.165, 1.54) is 11.1 Å². The summed E-state index contributed by atoms with van der Waals surface area (Å²) in [5.41, 5.74) is 2.62. The summed E-state index contributed by atoms with van der Waals surface area (Å²) >= 11 is 0. The zero-order valence-electron chi connectivity index (χ0n) is 17.1. The Labute approximate surface area is 172 Å². The Morgan fingerprint density at radius 2 is 1.93 bits per heavy atom. The highest BCUT2D eigenvalue weighted by atomic mass is 19.1. The van der Waals surface area contributed by atoms with Gasteiger partial charge in [0.25, 0.3) is 0 Å². The molecule has 4 nitrogen and oxygen atoms in total. The van der Waals surface area contributed by atoms with Crippen molar-refractivity contribution < 1.29 is 24.5 Å². The van der Waals surface area contributed by atoms with Gasteiger partial charge in [0.1, 0.15) is 6.17 Å². The molecule has 0 radical (unpaired) electrons. The van der Waals surface area contributed by atoms with Crippen molar-refractivity contribution in [2.75, 3.05) is 0 Å². The number of alkyl halides is 1. The Morgan fingerprint density at radius 1 is 1.31 bits per heavy atom. The van der Waals surface area contributed by atoms with Crippen LogP contribution in [-0.4, -0.2) is 39.7 Å². The number of carboxylic acid groups (broad SMARTS) is 1. The molecule has 1 aromatic rings. The van der Waals surface area contributed by atoms with Crippen molar-refractivity contribution in [2.45, 2.75) is 63.8 Å². The molecule has 5 atom stereocenters. The fourth-order valence-electron chi connectivity index (χ4n) is 4.12. The van der Waals surface area contributed by atoms with E-state index in [4.69, 9.17) is 5.11 Å². The lowest BCUT2D eigenvalue weighted by Gasteiger charge is -2.17. The average molecular weight is 405 g/mol. The molecule has 0 aromatic heterocycles. The van der Waals surface area contributed by atoms with Gasteiger partial charge in [0.2, 0.25) is 0 Å². The molecule has 3 rings (SSSR count). The van der Waals surface area contributed by atoms with Crippen LogP contribution in [0, 0.1) is 17.8 Å². The maximum atomic E-state index is 13.8. The van der Waals surface area contributed by atoms with E-state index in [2.05, 4.69) is 18.7 Å². The van der Waals surface area contributed by atoms with Gasteiger partial charge in [-0.25, -0.2) is 4.39 Å². The highest BCUT2D eigenvalue weighted by Crippen LogP contribution is 2.36. The fraction of sp³-hybridized carbons (Fsp3) is 0.542. The minimum atomic E-state index is -1.00. The summed E-state index contributed by atoms with van der Waals surface area (Å²) in [6.07, 6.45) is 6.85. The molecule has 0 aliphatic heterocycles. The minimum absolute atomic E-state index is 0.0794. The number of hydrogen-bond donors (Lipinski definition) is 3. The SMILES string of the molecule is C=CCCCC(=O)O.C[C@@H]1[C@@H](/C=C/[C@H](O)C2Cc3ccccc3C2)[C@@H](F)C[C@@H]1O. The summed E-state index contributed by atoms with van der Waals surface area (Å²) in [6, 6.07) is 8.27. The molecule has 160 valence electrons. The van der Waals surface area contributed by atoms with Crippen LogP contribution in [0.15, 0.2) is 49.1 Å². The van der Waals surface area contributed by atoms with Crippen LogP contribution in [-0.2, 0) is 17.6 Å². The summed E-state index contributed by atoms with van der Waals surface area (Å²) in [5.74, 6) is -0.909. The highest BCUT2D eigenvalue weighted by Gasteiger charge is 2.38. The van der Waals surface area contributed by atoms with E-state index >= 15 is 0 Å². The van der Waals surface area contributed by atoms with E-state index in [1.54, 1.807) is 18.2 Å². The first-order chi connectivity index (χ1) is 13.8. The number of aliphatic carboxylic acids is 1. The van der Waals surface area contributed by atoms with Crippen molar-refractivity contribution in [1.29, 1.82) is 0 Å². The van der Waals surface area contributed by atoms with Gasteiger partial charge in [0, 0.05) is 18.8 Å². The van der Waals surface area contributed by atoms with E-state index in [1.807, 2.05) is 19.1 Å². The van der Waals surface area contributed by atoms with Gasteiger partial charge in [-0.15, -0.1) is 6.58 Å². The molecule has 0 amide bonds. The second-order valence-electron chi connectivity index (χ2n) is 8.14. The first-order valence-electron chi connectivity index (χ1n) is 10.4. The zero-order valence-corrected chi connectivity index (χ0v) is 17.1. The van der Waals surface area contributed by atoms with Gasteiger partial charge < -0.3 is 15.3 Å². The van der Waals surface area contributed by atoms with Gasteiger partial charge in [0.05, 0.1) is 12.2 Å².